The Balaban J connectivity index is 0.00000261. The monoisotopic (exact) mass is 412 g/mol. The zero-order chi connectivity index (χ0) is 18.5. The number of methoxy groups -OCH3 is 3. The molecule has 1 aliphatic rings. The molecular formula is C20H26Cl2N2O3. The molecule has 7 heteroatoms. The van der Waals surface area contributed by atoms with E-state index in [4.69, 9.17) is 25.8 Å². The second-order valence-electron chi connectivity index (χ2n) is 6.25. The fourth-order valence-electron chi connectivity index (χ4n) is 3.45. The first-order valence-electron chi connectivity index (χ1n) is 8.66. The van der Waals surface area contributed by atoms with Crippen LogP contribution in [0.1, 0.15) is 17.2 Å². The molecule has 0 bridgehead atoms. The Morgan fingerprint density at radius 3 is 2.33 bits per heavy atom. The van der Waals surface area contributed by atoms with E-state index >= 15 is 0 Å². The van der Waals surface area contributed by atoms with E-state index in [0.717, 1.165) is 42.3 Å². The van der Waals surface area contributed by atoms with Crippen LogP contribution >= 0.6 is 24.0 Å². The molecule has 2 aromatic carbocycles. The van der Waals surface area contributed by atoms with Gasteiger partial charge in [-0.2, -0.15) is 0 Å². The van der Waals surface area contributed by atoms with Gasteiger partial charge in [-0.15, -0.1) is 12.4 Å². The Morgan fingerprint density at radius 2 is 1.74 bits per heavy atom. The van der Waals surface area contributed by atoms with Crippen LogP contribution < -0.4 is 19.5 Å². The SMILES string of the molecule is COc1cc(CN2CCNCC2c2ccccc2Cl)cc(OC)c1OC.Cl. The van der Waals surface area contributed by atoms with Gasteiger partial charge in [0.05, 0.1) is 21.3 Å². The van der Waals surface area contributed by atoms with Crippen LogP contribution in [0, 0.1) is 0 Å². The summed E-state index contributed by atoms with van der Waals surface area (Å²) in [6, 6.07) is 12.3. The van der Waals surface area contributed by atoms with Crippen molar-refractivity contribution < 1.29 is 14.2 Å². The third kappa shape index (κ3) is 4.79. The average molecular weight is 413 g/mol. The van der Waals surface area contributed by atoms with E-state index in [0.29, 0.717) is 17.2 Å². The van der Waals surface area contributed by atoms with Gasteiger partial charge < -0.3 is 19.5 Å². The van der Waals surface area contributed by atoms with Crippen LogP contribution in [0.5, 0.6) is 17.2 Å². The molecule has 0 saturated carbocycles. The molecule has 1 heterocycles. The molecule has 1 fully saturated rings. The lowest BCUT2D eigenvalue weighted by molar-refractivity contribution is 0.153. The lowest BCUT2D eigenvalue weighted by atomic mass is 10.0. The first-order valence-corrected chi connectivity index (χ1v) is 9.03. The van der Waals surface area contributed by atoms with E-state index in [-0.39, 0.29) is 18.4 Å². The summed E-state index contributed by atoms with van der Waals surface area (Å²) in [7, 11) is 4.89. The normalized spacial score (nSPS) is 17.1. The van der Waals surface area contributed by atoms with Gasteiger partial charge in [-0.25, -0.2) is 0 Å². The molecule has 1 aliphatic heterocycles. The lowest BCUT2D eigenvalue weighted by Gasteiger charge is -2.37. The summed E-state index contributed by atoms with van der Waals surface area (Å²) in [5.41, 5.74) is 2.26. The molecule has 0 spiro atoms. The zero-order valence-corrected chi connectivity index (χ0v) is 17.4. The standard InChI is InChI=1S/C20H25ClN2O3.ClH/c1-24-18-10-14(11-19(25-2)20(18)26-3)13-23-9-8-22-12-17(23)15-6-4-5-7-16(15)21;/h4-7,10-11,17,22H,8-9,12-13H2,1-3H3;1H. The van der Waals surface area contributed by atoms with Crippen molar-refractivity contribution in [1.29, 1.82) is 0 Å². The number of nitrogens with zero attached hydrogens (tertiary/aromatic N) is 1. The minimum absolute atomic E-state index is 0. The Morgan fingerprint density at radius 1 is 1.07 bits per heavy atom. The zero-order valence-electron chi connectivity index (χ0n) is 15.8. The first-order chi connectivity index (χ1) is 12.7. The van der Waals surface area contributed by atoms with Crippen LogP contribution in [0.15, 0.2) is 36.4 Å². The van der Waals surface area contributed by atoms with Gasteiger partial charge in [-0.3, -0.25) is 4.90 Å². The molecule has 1 saturated heterocycles. The van der Waals surface area contributed by atoms with Crippen molar-refractivity contribution in [3.05, 3.63) is 52.5 Å². The highest BCUT2D eigenvalue weighted by atomic mass is 35.5. The predicted octanol–water partition coefficient (Wildman–Crippen LogP) is 3.93. The maximum absolute atomic E-state index is 6.45. The molecule has 1 unspecified atom stereocenters. The molecule has 1 N–H and O–H groups in total. The van der Waals surface area contributed by atoms with Crippen molar-refractivity contribution in [3.63, 3.8) is 0 Å². The molecule has 0 aliphatic carbocycles. The maximum atomic E-state index is 6.45. The second-order valence-corrected chi connectivity index (χ2v) is 6.65. The Hall–Kier alpha value is -1.66. The van der Waals surface area contributed by atoms with E-state index in [1.54, 1.807) is 21.3 Å². The Kier molecular flexibility index (Phi) is 8.05. The van der Waals surface area contributed by atoms with Crippen molar-refractivity contribution in [2.45, 2.75) is 12.6 Å². The average Bonchev–Trinajstić information content (AvgIpc) is 2.68. The number of nitrogens with one attached hydrogen (secondary N) is 1. The number of piperazine rings is 1. The summed E-state index contributed by atoms with van der Waals surface area (Å²) < 4.78 is 16.4. The summed E-state index contributed by atoms with van der Waals surface area (Å²) >= 11 is 6.45. The number of rotatable bonds is 6. The highest BCUT2D eigenvalue weighted by Gasteiger charge is 2.26. The van der Waals surface area contributed by atoms with Gasteiger partial charge in [-0.1, -0.05) is 29.8 Å². The third-order valence-corrected chi connectivity index (χ3v) is 5.07. The highest BCUT2D eigenvalue weighted by molar-refractivity contribution is 6.31. The molecule has 2 aromatic rings. The lowest BCUT2D eigenvalue weighted by Crippen LogP contribution is -2.45. The van der Waals surface area contributed by atoms with Gasteiger partial charge in [0, 0.05) is 37.2 Å². The minimum atomic E-state index is 0. The van der Waals surface area contributed by atoms with Crippen LogP contribution in [0.3, 0.4) is 0 Å². The number of ether oxygens (including phenoxy) is 3. The highest BCUT2D eigenvalue weighted by Crippen LogP contribution is 2.39. The van der Waals surface area contributed by atoms with E-state index < -0.39 is 0 Å². The number of halogens is 2. The van der Waals surface area contributed by atoms with E-state index in [1.807, 2.05) is 30.3 Å². The summed E-state index contributed by atoms with van der Waals surface area (Å²) in [5, 5.41) is 4.27. The molecule has 27 heavy (non-hydrogen) atoms. The summed E-state index contributed by atoms with van der Waals surface area (Å²) in [6.45, 7) is 3.53. The largest absolute Gasteiger partial charge is 0.493 e. The molecule has 0 aromatic heterocycles. The van der Waals surface area contributed by atoms with Gasteiger partial charge >= 0.3 is 0 Å². The van der Waals surface area contributed by atoms with Crippen molar-refractivity contribution in [3.8, 4) is 17.2 Å². The molecule has 0 amide bonds. The Bertz CT molecular complexity index is 733. The molecule has 0 radical (unpaired) electrons. The molecule has 5 nitrogen and oxygen atoms in total. The molecule has 3 rings (SSSR count). The topological polar surface area (TPSA) is 43.0 Å². The predicted molar refractivity (Wildman–Crippen MR) is 111 cm³/mol. The number of hydrogen-bond donors (Lipinski definition) is 1. The maximum Gasteiger partial charge on any atom is 0.203 e. The van der Waals surface area contributed by atoms with Gasteiger partial charge in [0.2, 0.25) is 5.75 Å². The second kappa shape index (κ2) is 10.0. The fraction of sp³-hybridized carbons (Fsp3) is 0.400. The quantitative estimate of drug-likeness (QED) is 0.778. The fourth-order valence-corrected chi connectivity index (χ4v) is 3.71. The van der Waals surface area contributed by atoms with Gasteiger partial charge in [-0.05, 0) is 29.3 Å². The van der Waals surface area contributed by atoms with Crippen LogP contribution in [-0.2, 0) is 6.54 Å². The van der Waals surface area contributed by atoms with E-state index in [1.165, 1.54) is 0 Å². The van der Waals surface area contributed by atoms with Crippen molar-refractivity contribution in [2.24, 2.45) is 0 Å². The van der Waals surface area contributed by atoms with Crippen molar-refractivity contribution in [2.75, 3.05) is 41.0 Å². The van der Waals surface area contributed by atoms with Crippen molar-refractivity contribution >= 4 is 24.0 Å². The van der Waals surface area contributed by atoms with E-state index in [9.17, 15) is 0 Å². The smallest absolute Gasteiger partial charge is 0.203 e. The van der Waals surface area contributed by atoms with Crippen LogP contribution in [0.4, 0.5) is 0 Å². The number of benzene rings is 2. The van der Waals surface area contributed by atoms with Crippen LogP contribution in [0.2, 0.25) is 5.02 Å². The van der Waals surface area contributed by atoms with E-state index in [2.05, 4.69) is 16.3 Å². The van der Waals surface area contributed by atoms with Crippen LogP contribution in [-0.4, -0.2) is 45.9 Å². The molecule has 1 atom stereocenters. The third-order valence-electron chi connectivity index (χ3n) is 4.73. The summed E-state index contributed by atoms with van der Waals surface area (Å²) in [6.07, 6.45) is 0. The van der Waals surface area contributed by atoms with Gasteiger partial charge in [0.15, 0.2) is 11.5 Å². The van der Waals surface area contributed by atoms with Gasteiger partial charge in [0.25, 0.3) is 0 Å². The number of hydrogen-bond acceptors (Lipinski definition) is 5. The van der Waals surface area contributed by atoms with Crippen LogP contribution in [0.25, 0.3) is 0 Å². The van der Waals surface area contributed by atoms with Crippen molar-refractivity contribution in [1.82, 2.24) is 10.2 Å². The molecule has 148 valence electrons. The summed E-state index contributed by atoms with van der Waals surface area (Å²) in [5.74, 6) is 1.96. The summed E-state index contributed by atoms with van der Waals surface area (Å²) in [4.78, 5) is 2.43. The first kappa shape index (κ1) is 21.6. The Labute approximate surface area is 172 Å². The molecular weight excluding hydrogens is 387 g/mol. The van der Waals surface area contributed by atoms with Gasteiger partial charge in [0.1, 0.15) is 0 Å². The minimum Gasteiger partial charge on any atom is -0.493 e.